The highest BCUT2D eigenvalue weighted by molar-refractivity contribution is 5.75. The summed E-state index contributed by atoms with van der Waals surface area (Å²) in [7, 11) is 1.62. The molecule has 1 fully saturated rings. The molecule has 2 aromatic heterocycles. The van der Waals surface area contributed by atoms with E-state index in [1.54, 1.807) is 17.9 Å². The number of benzene rings is 1. The monoisotopic (exact) mass is 421 g/mol. The van der Waals surface area contributed by atoms with E-state index in [9.17, 15) is 4.79 Å². The fraction of sp³-hybridized carbons (Fsp3) is 0.348. The molecule has 5 rings (SSSR count). The largest absolute Gasteiger partial charge is 0.481 e. The molecule has 0 aliphatic carbocycles. The Balaban J connectivity index is 1.46. The minimum atomic E-state index is -0.308. The Morgan fingerprint density at radius 2 is 2.13 bits per heavy atom. The minimum Gasteiger partial charge on any atom is -0.481 e. The van der Waals surface area contributed by atoms with Crippen molar-refractivity contribution >= 4 is 0 Å². The van der Waals surface area contributed by atoms with Gasteiger partial charge in [0.2, 0.25) is 11.8 Å². The summed E-state index contributed by atoms with van der Waals surface area (Å²) >= 11 is 0. The number of ether oxygens (including phenoxy) is 4. The van der Waals surface area contributed by atoms with Gasteiger partial charge in [-0.25, -0.2) is 9.78 Å². The summed E-state index contributed by atoms with van der Waals surface area (Å²) in [6, 6.07) is 11.9. The summed E-state index contributed by atoms with van der Waals surface area (Å²) in [6.45, 7) is 2.49. The predicted molar refractivity (Wildman–Crippen MR) is 113 cm³/mol. The van der Waals surface area contributed by atoms with E-state index >= 15 is 0 Å². The molecule has 2 aliphatic rings. The van der Waals surface area contributed by atoms with Crippen molar-refractivity contribution in [2.45, 2.75) is 19.1 Å². The quantitative estimate of drug-likeness (QED) is 0.625. The second-order valence-corrected chi connectivity index (χ2v) is 7.47. The number of fused-ring (bicyclic) bond motifs is 3. The number of aryl methyl sites for hydroxylation is 1. The third-order valence-corrected chi connectivity index (χ3v) is 5.55. The molecule has 31 heavy (non-hydrogen) atoms. The Kier molecular flexibility index (Phi) is 5.40. The molecule has 3 aromatic rings. The van der Waals surface area contributed by atoms with Crippen LogP contribution in [0, 0.1) is 0 Å². The molecule has 0 N–H and O–H groups in total. The fourth-order valence-corrected chi connectivity index (χ4v) is 4.03. The van der Waals surface area contributed by atoms with E-state index in [4.69, 9.17) is 18.9 Å². The highest BCUT2D eigenvalue weighted by Gasteiger charge is 2.21. The molecule has 0 spiro atoms. The zero-order valence-corrected chi connectivity index (χ0v) is 17.2. The Labute approximate surface area is 179 Å². The third-order valence-electron chi connectivity index (χ3n) is 5.55. The van der Waals surface area contributed by atoms with Gasteiger partial charge in [-0.3, -0.25) is 4.57 Å². The molecule has 0 amide bonds. The minimum absolute atomic E-state index is 0.154. The number of rotatable bonds is 5. The first-order valence-electron chi connectivity index (χ1n) is 10.3. The molecular weight excluding hydrogens is 398 g/mol. The lowest BCUT2D eigenvalue weighted by molar-refractivity contribution is -0.102. The van der Waals surface area contributed by atoms with Crippen molar-refractivity contribution in [3.63, 3.8) is 0 Å². The standard InChI is InChI=1S/C23H23N3O5/c1-28-22-19(3-2-7-24-22)15-4-5-18-16(11-15)6-8-26-20(18)12-21(25-23(26)27)31-14-17-13-29-9-10-30-17/h2-5,7,11-12,17H,6,8-10,13-14H2,1H3. The van der Waals surface area contributed by atoms with Crippen LogP contribution >= 0.6 is 0 Å². The Morgan fingerprint density at radius 3 is 2.97 bits per heavy atom. The van der Waals surface area contributed by atoms with Crippen LogP contribution in [-0.2, 0) is 22.4 Å². The highest BCUT2D eigenvalue weighted by Crippen LogP contribution is 2.35. The smallest absolute Gasteiger partial charge is 0.351 e. The van der Waals surface area contributed by atoms with Crippen LogP contribution in [0.3, 0.4) is 0 Å². The maximum Gasteiger partial charge on any atom is 0.351 e. The first-order valence-corrected chi connectivity index (χ1v) is 10.3. The first kappa shape index (κ1) is 19.7. The third kappa shape index (κ3) is 3.92. The SMILES string of the molecule is COc1ncccc1-c1ccc2c(c1)CCn1c-2cc(OCC2COCCO2)nc1=O. The summed E-state index contributed by atoms with van der Waals surface area (Å²) in [5.41, 5.74) is 4.62. The summed E-state index contributed by atoms with van der Waals surface area (Å²) in [4.78, 5) is 21.0. The van der Waals surface area contributed by atoms with E-state index in [0.717, 1.165) is 34.4 Å². The Hall–Kier alpha value is -3.23. The van der Waals surface area contributed by atoms with Crippen LogP contribution in [0.2, 0.25) is 0 Å². The van der Waals surface area contributed by atoms with Crippen LogP contribution in [0.5, 0.6) is 11.8 Å². The fourth-order valence-electron chi connectivity index (χ4n) is 4.03. The van der Waals surface area contributed by atoms with E-state index < -0.39 is 0 Å². The van der Waals surface area contributed by atoms with Gasteiger partial charge >= 0.3 is 5.69 Å². The van der Waals surface area contributed by atoms with Gasteiger partial charge in [-0.1, -0.05) is 18.2 Å². The highest BCUT2D eigenvalue weighted by atomic mass is 16.6. The lowest BCUT2D eigenvalue weighted by Gasteiger charge is -2.24. The van der Waals surface area contributed by atoms with Gasteiger partial charge in [0.05, 0.1) is 32.6 Å². The van der Waals surface area contributed by atoms with Gasteiger partial charge in [0, 0.05) is 29.9 Å². The van der Waals surface area contributed by atoms with Crippen LogP contribution in [0.15, 0.2) is 47.4 Å². The molecular formula is C23H23N3O5. The van der Waals surface area contributed by atoms with E-state index in [1.807, 2.05) is 30.3 Å². The van der Waals surface area contributed by atoms with Crippen molar-refractivity contribution in [3.05, 3.63) is 58.6 Å². The van der Waals surface area contributed by atoms with Crippen molar-refractivity contribution in [1.29, 1.82) is 0 Å². The van der Waals surface area contributed by atoms with Crippen molar-refractivity contribution in [2.75, 3.05) is 33.5 Å². The molecule has 1 unspecified atom stereocenters. The van der Waals surface area contributed by atoms with E-state index in [0.29, 0.717) is 44.7 Å². The van der Waals surface area contributed by atoms with Crippen LogP contribution < -0.4 is 15.2 Å². The van der Waals surface area contributed by atoms with Crippen LogP contribution in [-0.4, -0.2) is 54.2 Å². The molecule has 2 aliphatic heterocycles. The number of hydrogen-bond acceptors (Lipinski definition) is 7. The summed E-state index contributed by atoms with van der Waals surface area (Å²) in [5, 5.41) is 0. The lowest BCUT2D eigenvalue weighted by atomic mass is 9.93. The molecule has 1 atom stereocenters. The van der Waals surface area contributed by atoms with Crippen molar-refractivity contribution < 1.29 is 18.9 Å². The lowest BCUT2D eigenvalue weighted by Crippen LogP contribution is -2.34. The molecule has 1 saturated heterocycles. The van der Waals surface area contributed by atoms with Gasteiger partial charge in [0.1, 0.15) is 12.7 Å². The maximum atomic E-state index is 12.6. The number of aromatic nitrogens is 3. The number of pyridine rings is 1. The normalized spacial score (nSPS) is 17.5. The van der Waals surface area contributed by atoms with Gasteiger partial charge < -0.3 is 18.9 Å². The number of methoxy groups -OCH3 is 1. The maximum absolute atomic E-state index is 12.6. The van der Waals surface area contributed by atoms with E-state index in [-0.39, 0.29) is 11.8 Å². The predicted octanol–water partition coefficient (Wildman–Crippen LogP) is 2.33. The van der Waals surface area contributed by atoms with Gasteiger partial charge in [-0.15, -0.1) is 0 Å². The van der Waals surface area contributed by atoms with Gasteiger partial charge in [0.15, 0.2) is 0 Å². The molecule has 8 heteroatoms. The van der Waals surface area contributed by atoms with Crippen LogP contribution in [0.25, 0.3) is 22.4 Å². The second-order valence-electron chi connectivity index (χ2n) is 7.47. The van der Waals surface area contributed by atoms with Gasteiger partial charge in [0.25, 0.3) is 0 Å². The van der Waals surface area contributed by atoms with E-state index in [2.05, 4.69) is 16.0 Å². The summed E-state index contributed by atoms with van der Waals surface area (Å²) in [6.07, 6.45) is 2.30. The average Bonchev–Trinajstić information content (AvgIpc) is 2.83. The summed E-state index contributed by atoms with van der Waals surface area (Å²) in [5.74, 6) is 0.889. The zero-order chi connectivity index (χ0) is 21.2. The molecule has 8 nitrogen and oxygen atoms in total. The molecule has 160 valence electrons. The van der Waals surface area contributed by atoms with Gasteiger partial charge in [-0.2, -0.15) is 4.98 Å². The Bertz CT molecular complexity index is 1150. The number of nitrogens with zero attached hydrogens (tertiary/aromatic N) is 3. The van der Waals surface area contributed by atoms with Crippen LogP contribution in [0.1, 0.15) is 5.56 Å². The van der Waals surface area contributed by atoms with Gasteiger partial charge in [-0.05, 0) is 29.7 Å². The van der Waals surface area contributed by atoms with Crippen molar-refractivity contribution in [1.82, 2.24) is 14.5 Å². The number of hydrogen-bond donors (Lipinski definition) is 0. The van der Waals surface area contributed by atoms with E-state index in [1.165, 1.54) is 0 Å². The molecule has 0 bridgehead atoms. The second kappa shape index (κ2) is 8.49. The zero-order valence-electron chi connectivity index (χ0n) is 17.2. The molecule has 4 heterocycles. The molecule has 0 radical (unpaired) electrons. The topological polar surface area (TPSA) is 84.7 Å². The van der Waals surface area contributed by atoms with Crippen molar-refractivity contribution in [3.8, 4) is 34.1 Å². The first-order chi connectivity index (χ1) is 15.2. The Morgan fingerprint density at radius 1 is 1.19 bits per heavy atom. The van der Waals surface area contributed by atoms with Crippen molar-refractivity contribution in [2.24, 2.45) is 0 Å². The van der Waals surface area contributed by atoms with Crippen LogP contribution in [0.4, 0.5) is 0 Å². The average molecular weight is 421 g/mol. The molecule has 0 saturated carbocycles. The molecule has 1 aromatic carbocycles. The summed E-state index contributed by atoms with van der Waals surface area (Å²) < 4.78 is 23.9.